The Labute approximate surface area is 158 Å². The monoisotopic (exact) mass is 394 g/mol. The molecule has 1 fully saturated rings. The van der Waals surface area contributed by atoms with Crippen LogP contribution in [0.5, 0.6) is 5.75 Å². The van der Waals surface area contributed by atoms with Gasteiger partial charge in [-0.25, -0.2) is 4.79 Å². The maximum Gasteiger partial charge on any atom is 0.450 e. The van der Waals surface area contributed by atoms with Crippen molar-refractivity contribution in [3.05, 3.63) is 65.2 Å². The number of aryl methyl sites for hydroxylation is 1. The van der Waals surface area contributed by atoms with Gasteiger partial charge in [0.15, 0.2) is 5.72 Å². The zero-order valence-electron chi connectivity index (χ0n) is 14.6. The fraction of sp³-hybridized carbons (Fsp3) is 0.263. The average Bonchev–Trinajstić information content (AvgIpc) is 2.61. The molecule has 6 nitrogen and oxygen atoms in total. The third kappa shape index (κ3) is 3.53. The minimum absolute atomic E-state index is 0.0562. The lowest BCUT2D eigenvalue weighted by atomic mass is 9.76. The van der Waals surface area contributed by atoms with E-state index in [0.717, 1.165) is 5.56 Å². The summed E-state index contributed by atoms with van der Waals surface area (Å²) in [6.45, 7) is 1.74. The summed E-state index contributed by atoms with van der Waals surface area (Å²) in [5.41, 5.74) is -1.74. The van der Waals surface area contributed by atoms with Crippen molar-refractivity contribution >= 4 is 11.8 Å². The summed E-state index contributed by atoms with van der Waals surface area (Å²) in [7, 11) is 0. The fourth-order valence-electron chi connectivity index (χ4n) is 3.29. The van der Waals surface area contributed by atoms with Crippen molar-refractivity contribution in [3.8, 4) is 5.75 Å². The second kappa shape index (κ2) is 6.83. The standard InChI is InChI=1S/C19H17F3N2O4/c1-10-2-6-12(7-3-10)18(28)14(16(26)19(20,21)22)15(23-17(27)24-18)11-4-8-13(25)9-5-11/h2-9,14-15,25,28H,1H3,(H2,23,24,27)/t14-,15+,18-/m1/s1. The second-order valence-corrected chi connectivity index (χ2v) is 6.64. The van der Waals surface area contributed by atoms with Crippen molar-refractivity contribution in [2.45, 2.75) is 24.9 Å². The van der Waals surface area contributed by atoms with Gasteiger partial charge in [0.25, 0.3) is 0 Å². The van der Waals surface area contributed by atoms with Gasteiger partial charge in [-0.3, -0.25) is 4.79 Å². The van der Waals surface area contributed by atoms with Crippen LogP contribution in [0, 0.1) is 12.8 Å². The number of aliphatic hydroxyl groups is 1. The highest BCUT2D eigenvalue weighted by molar-refractivity contribution is 5.91. The summed E-state index contributed by atoms with van der Waals surface area (Å²) in [4.78, 5) is 24.5. The van der Waals surface area contributed by atoms with Crippen molar-refractivity contribution in [3.63, 3.8) is 0 Å². The number of rotatable bonds is 3. The Morgan fingerprint density at radius 3 is 2.18 bits per heavy atom. The lowest BCUT2D eigenvalue weighted by Crippen LogP contribution is -2.66. The molecule has 3 rings (SSSR count). The van der Waals surface area contributed by atoms with E-state index in [1.165, 1.54) is 36.4 Å². The molecule has 9 heteroatoms. The number of Topliss-reactive ketones (excluding diaryl/α,β-unsaturated/α-hetero) is 1. The molecule has 3 atom stereocenters. The molecule has 1 saturated heterocycles. The summed E-state index contributed by atoms with van der Waals surface area (Å²) < 4.78 is 40.1. The van der Waals surface area contributed by atoms with E-state index in [2.05, 4.69) is 10.6 Å². The number of benzene rings is 2. The third-order valence-corrected chi connectivity index (χ3v) is 4.68. The van der Waals surface area contributed by atoms with Crippen molar-refractivity contribution < 1.29 is 33.0 Å². The van der Waals surface area contributed by atoms with Crippen LogP contribution in [-0.2, 0) is 10.5 Å². The number of urea groups is 1. The van der Waals surface area contributed by atoms with Crippen LogP contribution in [0.25, 0.3) is 0 Å². The van der Waals surface area contributed by atoms with Crippen LogP contribution in [0.1, 0.15) is 22.7 Å². The number of nitrogens with one attached hydrogen (secondary N) is 2. The van der Waals surface area contributed by atoms with Gasteiger partial charge in [-0.05, 0) is 24.6 Å². The third-order valence-electron chi connectivity index (χ3n) is 4.68. The second-order valence-electron chi connectivity index (χ2n) is 6.64. The summed E-state index contributed by atoms with van der Waals surface area (Å²) in [6, 6.07) is 8.36. The lowest BCUT2D eigenvalue weighted by molar-refractivity contribution is -0.190. The minimum Gasteiger partial charge on any atom is -0.508 e. The van der Waals surface area contributed by atoms with Crippen molar-refractivity contribution in [1.82, 2.24) is 10.6 Å². The molecule has 28 heavy (non-hydrogen) atoms. The molecule has 1 aliphatic rings. The predicted octanol–water partition coefficient (Wildman–Crippen LogP) is 2.65. The van der Waals surface area contributed by atoms with Crippen LogP contribution in [-0.4, -0.2) is 28.2 Å². The van der Waals surface area contributed by atoms with Crippen LogP contribution in [0.2, 0.25) is 0 Å². The number of carbonyl (C=O) groups is 2. The highest BCUT2D eigenvalue weighted by Crippen LogP contribution is 2.43. The number of hydrogen-bond acceptors (Lipinski definition) is 4. The van der Waals surface area contributed by atoms with Crippen molar-refractivity contribution in [2.24, 2.45) is 5.92 Å². The molecule has 1 heterocycles. The summed E-state index contributed by atoms with van der Waals surface area (Å²) in [5, 5.41) is 24.9. The van der Waals surface area contributed by atoms with E-state index in [1.807, 2.05) is 0 Å². The molecule has 0 radical (unpaired) electrons. The van der Waals surface area contributed by atoms with E-state index in [4.69, 9.17) is 0 Å². The number of carbonyl (C=O) groups excluding carboxylic acids is 2. The molecule has 0 unspecified atom stereocenters. The highest BCUT2D eigenvalue weighted by Gasteiger charge is 2.59. The molecular weight excluding hydrogens is 377 g/mol. The number of alkyl halides is 3. The smallest absolute Gasteiger partial charge is 0.450 e. The maximum atomic E-state index is 13.4. The van der Waals surface area contributed by atoms with Gasteiger partial charge in [-0.1, -0.05) is 42.0 Å². The predicted molar refractivity (Wildman–Crippen MR) is 92.1 cm³/mol. The molecule has 0 bridgehead atoms. The molecule has 148 valence electrons. The van der Waals surface area contributed by atoms with Crippen LogP contribution in [0.3, 0.4) is 0 Å². The molecular formula is C19H17F3N2O4. The molecule has 1 aliphatic heterocycles. The quantitative estimate of drug-likeness (QED) is 0.643. The van der Waals surface area contributed by atoms with Crippen LogP contribution < -0.4 is 10.6 Å². The first-order valence-corrected chi connectivity index (χ1v) is 8.30. The summed E-state index contributed by atoms with van der Waals surface area (Å²) in [5.74, 6) is -4.44. The zero-order valence-corrected chi connectivity index (χ0v) is 14.6. The van der Waals surface area contributed by atoms with Crippen LogP contribution >= 0.6 is 0 Å². The van der Waals surface area contributed by atoms with Gasteiger partial charge in [-0.2, -0.15) is 13.2 Å². The Morgan fingerprint density at radius 1 is 1.07 bits per heavy atom. The van der Waals surface area contributed by atoms with Crippen molar-refractivity contribution in [1.29, 1.82) is 0 Å². The largest absolute Gasteiger partial charge is 0.508 e. The lowest BCUT2D eigenvalue weighted by Gasteiger charge is -2.45. The Bertz CT molecular complexity index is 897. The van der Waals surface area contributed by atoms with Crippen LogP contribution in [0.4, 0.5) is 18.0 Å². The number of amides is 2. The zero-order chi connectivity index (χ0) is 20.7. The SMILES string of the molecule is Cc1ccc([C@]2(O)NC(=O)N[C@@H](c3ccc(O)cc3)[C@@H]2C(=O)C(F)(F)F)cc1. The number of phenols is 1. The first kappa shape index (κ1) is 19.7. The van der Waals surface area contributed by atoms with Gasteiger partial charge in [0.1, 0.15) is 11.7 Å². The number of hydrogen-bond donors (Lipinski definition) is 4. The van der Waals surface area contributed by atoms with E-state index >= 15 is 0 Å². The number of ketones is 1. The normalized spacial score (nSPS) is 25.0. The van der Waals surface area contributed by atoms with E-state index in [-0.39, 0.29) is 16.9 Å². The van der Waals surface area contributed by atoms with Gasteiger partial charge in [0.2, 0.25) is 5.78 Å². The molecule has 2 amide bonds. The molecule has 0 saturated carbocycles. The molecule has 2 aromatic rings. The molecule has 0 spiro atoms. The average molecular weight is 394 g/mol. The maximum absolute atomic E-state index is 13.4. The van der Waals surface area contributed by atoms with E-state index in [9.17, 15) is 33.0 Å². The Hall–Kier alpha value is -3.07. The molecule has 2 aromatic carbocycles. The first-order chi connectivity index (χ1) is 13.0. The highest BCUT2D eigenvalue weighted by atomic mass is 19.4. The Kier molecular flexibility index (Phi) is 4.80. The van der Waals surface area contributed by atoms with Gasteiger partial charge in [0.05, 0.1) is 6.04 Å². The molecule has 0 aliphatic carbocycles. The topological polar surface area (TPSA) is 98.7 Å². The molecule has 0 aromatic heterocycles. The van der Waals surface area contributed by atoms with Gasteiger partial charge in [-0.15, -0.1) is 0 Å². The van der Waals surface area contributed by atoms with E-state index in [0.29, 0.717) is 0 Å². The molecule has 4 N–H and O–H groups in total. The first-order valence-electron chi connectivity index (χ1n) is 8.30. The van der Waals surface area contributed by atoms with Gasteiger partial charge < -0.3 is 20.8 Å². The fourth-order valence-corrected chi connectivity index (χ4v) is 3.29. The van der Waals surface area contributed by atoms with E-state index < -0.39 is 35.7 Å². The summed E-state index contributed by atoms with van der Waals surface area (Å²) in [6.07, 6.45) is -5.25. The summed E-state index contributed by atoms with van der Waals surface area (Å²) >= 11 is 0. The number of aromatic hydroxyl groups is 1. The number of phenolic OH excluding ortho intramolecular Hbond substituents is 1. The van der Waals surface area contributed by atoms with E-state index in [1.54, 1.807) is 19.1 Å². The van der Waals surface area contributed by atoms with Gasteiger partial charge >= 0.3 is 12.2 Å². The van der Waals surface area contributed by atoms with Gasteiger partial charge in [0, 0.05) is 5.56 Å². The Balaban J connectivity index is 2.18. The minimum atomic E-state index is -5.25. The number of halogens is 3. The van der Waals surface area contributed by atoms with Crippen LogP contribution in [0.15, 0.2) is 48.5 Å². The van der Waals surface area contributed by atoms with Crippen molar-refractivity contribution in [2.75, 3.05) is 0 Å². The Morgan fingerprint density at radius 2 is 1.64 bits per heavy atom.